The molecule has 0 aliphatic rings. The summed E-state index contributed by atoms with van der Waals surface area (Å²) in [5.41, 5.74) is 3.16. The van der Waals surface area contributed by atoms with Crippen molar-refractivity contribution in [1.82, 2.24) is 10.3 Å². The number of aromatic amines is 1. The summed E-state index contributed by atoms with van der Waals surface area (Å²) in [7, 11) is 1.52. The minimum absolute atomic E-state index is 0.0800. The van der Waals surface area contributed by atoms with Gasteiger partial charge < -0.3 is 19.6 Å². The topological polar surface area (TPSA) is 83.6 Å². The van der Waals surface area contributed by atoms with Gasteiger partial charge in [0, 0.05) is 45.7 Å². The molecule has 9 heteroatoms. The van der Waals surface area contributed by atoms with Gasteiger partial charge in [-0.2, -0.15) is 0 Å². The maximum atomic E-state index is 13.4. The van der Waals surface area contributed by atoms with E-state index in [9.17, 15) is 14.3 Å². The normalized spacial score (nSPS) is 12.0. The molecule has 35 heavy (non-hydrogen) atoms. The highest BCUT2D eigenvalue weighted by atomic mass is 79.9. The zero-order valence-corrected chi connectivity index (χ0v) is 21.1. The summed E-state index contributed by atoms with van der Waals surface area (Å²) in [5.74, 6) is -0.480. The van der Waals surface area contributed by atoms with Crippen LogP contribution in [0.2, 0.25) is 5.02 Å². The van der Waals surface area contributed by atoms with Gasteiger partial charge in [-0.3, -0.25) is 10.1 Å². The number of fused-ring (bicyclic) bond motifs is 1. The minimum atomic E-state index is -0.963. The number of H-pyrrole nitrogens is 1. The summed E-state index contributed by atoms with van der Waals surface area (Å²) in [6.45, 7) is 0.278. The quantitative estimate of drug-likeness (QED) is 0.218. The standard InChI is InChI=1S/C26H23BrClFN2O4/c1-34-24-9-8-20(27)19(25(24)35-14-15-6-7-17(29)11-21(15)28)13-31-23(26(32)33)10-16-12-30-22-5-3-2-4-18(16)22/h2-9,11-12,23,30-31H,10,13-14H2,1H3,(H,32,33). The molecule has 1 unspecified atom stereocenters. The predicted octanol–water partition coefficient (Wildman–Crippen LogP) is 6.10. The van der Waals surface area contributed by atoms with E-state index in [1.165, 1.54) is 19.2 Å². The molecule has 0 saturated carbocycles. The Bertz CT molecular complexity index is 1360. The van der Waals surface area contributed by atoms with E-state index in [4.69, 9.17) is 21.1 Å². The molecular formula is C26H23BrClFN2O4. The lowest BCUT2D eigenvalue weighted by Gasteiger charge is -2.20. The van der Waals surface area contributed by atoms with E-state index in [0.29, 0.717) is 29.0 Å². The van der Waals surface area contributed by atoms with E-state index in [1.54, 1.807) is 12.1 Å². The number of carboxylic acid groups (broad SMARTS) is 1. The molecule has 0 spiro atoms. The van der Waals surface area contributed by atoms with Crippen LogP contribution in [0.4, 0.5) is 4.39 Å². The maximum absolute atomic E-state index is 13.4. The van der Waals surface area contributed by atoms with Crippen LogP contribution in [0, 0.1) is 5.82 Å². The third-order valence-corrected chi connectivity index (χ3v) is 6.79. The molecule has 6 nitrogen and oxygen atoms in total. The largest absolute Gasteiger partial charge is 0.493 e. The Morgan fingerprint density at radius 1 is 1.20 bits per heavy atom. The number of ether oxygens (including phenoxy) is 2. The van der Waals surface area contributed by atoms with Crippen molar-refractivity contribution in [2.24, 2.45) is 0 Å². The first-order valence-corrected chi connectivity index (χ1v) is 12.0. The molecule has 0 saturated heterocycles. The molecule has 4 rings (SSSR count). The number of benzene rings is 3. The number of para-hydroxylation sites is 1. The first-order valence-electron chi connectivity index (χ1n) is 10.8. The Labute approximate surface area is 215 Å². The summed E-state index contributed by atoms with van der Waals surface area (Å²) < 4.78 is 25.7. The van der Waals surface area contributed by atoms with Gasteiger partial charge in [0.05, 0.1) is 12.1 Å². The second-order valence-electron chi connectivity index (χ2n) is 7.92. The molecule has 4 aromatic rings. The van der Waals surface area contributed by atoms with Crippen LogP contribution in [-0.4, -0.2) is 29.2 Å². The van der Waals surface area contributed by atoms with E-state index in [0.717, 1.165) is 20.9 Å². The Hall–Kier alpha value is -3.07. The Morgan fingerprint density at radius 3 is 2.74 bits per heavy atom. The zero-order valence-electron chi connectivity index (χ0n) is 18.8. The third kappa shape index (κ3) is 5.78. The van der Waals surface area contributed by atoms with Crippen molar-refractivity contribution in [1.29, 1.82) is 0 Å². The first kappa shape index (κ1) is 25.0. The van der Waals surface area contributed by atoms with E-state index < -0.39 is 17.8 Å². The van der Waals surface area contributed by atoms with Gasteiger partial charge in [-0.1, -0.05) is 51.8 Å². The molecule has 1 heterocycles. The highest BCUT2D eigenvalue weighted by Crippen LogP contribution is 2.37. The molecular weight excluding hydrogens is 539 g/mol. The zero-order chi connectivity index (χ0) is 24.9. The lowest BCUT2D eigenvalue weighted by molar-refractivity contribution is -0.139. The average molecular weight is 562 g/mol. The molecule has 3 aromatic carbocycles. The highest BCUT2D eigenvalue weighted by molar-refractivity contribution is 9.10. The van der Waals surface area contributed by atoms with Crippen molar-refractivity contribution in [3.63, 3.8) is 0 Å². The summed E-state index contributed by atoms with van der Waals surface area (Å²) in [5, 5.41) is 14.3. The fourth-order valence-electron chi connectivity index (χ4n) is 3.85. The molecule has 182 valence electrons. The summed E-state index contributed by atoms with van der Waals surface area (Å²) >= 11 is 9.68. The van der Waals surface area contributed by atoms with Crippen LogP contribution >= 0.6 is 27.5 Å². The van der Waals surface area contributed by atoms with E-state index in [2.05, 4.69) is 26.2 Å². The number of aliphatic carboxylic acids is 1. The molecule has 1 atom stereocenters. The molecule has 0 fully saturated rings. The van der Waals surface area contributed by atoms with Gasteiger partial charge in [0.25, 0.3) is 0 Å². The number of methoxy groups -OCH3 is 1. The molecule has 1 aromatic heterocycles. The monoisotopic (exact) mass is 560 g/mol. The van der Waals surface area contributed by atoms with Crippen LogP contribution in [0.25, 0.3) is 10.9 Å². The Balaban J connectivity index is 1.55. The molecule has 3 N–H and O–H groups in total. The Kier molecular flexibility index (Phi) is 7.95. The number of carbonyl (C=O) groups is 1. The fourth-order valence-corrected chi connectivity index (χ4v) is 4.52. The summed E-state index contributed by atoms with van der Waals surface area (Å²) in [4.78, 5) is 15.2. The molecule has 0 aliphatic carbocycles. The third-order valence-electron chi connectivity index (χ3n) is 5.70. The van der Waals surface area contributed by atoms with Gasteiger partial charge >= 0.3 is 5.97 Å². The van der Waals surface area contributed by atoms with Crippen LogP contribution < -0.4 is 14.8 Å². The second kappa shape index (κ2) is 11.1. The SMILES string of the molecule is COc1ccc(Br)c(CNC(Cc2c[nH]c3ccccc23)C(=O)O)c1OCc1ccc(F)cc1Cl. The second-order valence-corrected chi connectivity index (χ2v) is 9.18. The van der Waals surface area contributed by atoms with Crippen LogP contribution in [0.15, 0.2) is 65.3 Å². The van der Waals surface area contributed by atoms with Crippen molar-refractivity contribution in [2.45, 2.75) is 25.6 Å². The number of halogens is 3. The summed E-state index contributed by atoms with van der Waals surface area (Å²) in [6, 6.07) is 14.6. The molecule has 0 aliphatic heterocycles. The van der Waals surface area contributed by atoms with Crippen LogP contribution in [-0.2, 0) is 24.4 Å². The molecule has 0 bridgehead atoms. The fraction of sp³-hybridized carbons (Fsp3) is 0.192. The van der Waals surface area contributed by atoms with Crippen molar-refractivity contribution < 1.29 is 23.8 Å². The summed E-state index contributed by atoms with van der Waals surface area (Å²) in [6.07, 6.45) is 2.13. The number of rotatable bonds is 10. The van der Waals surface area contributed by atoms with Gasteiger partial charge in [-0.15, -0.1) is 0 Å². The van der Waals surface area contributed by atoms with Gasteiger partial charge in [-0.25, -0.2) is 4.39 Å². The lowest BCUT2D eigenvalue weighted by Crippen LogP contribution is -2.38. The molecule has 0 amide bonds. The smallest absolute Gasteiger partial charge is 0.321 e. The van der Waals surface area contributed by atoms with E-state index >= 15 is 0 Å². The van der Waals surface area contributed by atoms with Crippen molar-refractivity contribution in [3.05, 3.63) is 92.8 Å². The molecule has 0 radical (unpaired) electrons. The van der Waals surface area contributed by atoms with E-state index in [-0.39, 0.29) is 18.2 Å². The maximum Gasteiger partial charge on any atom is 0.321 e. The van der Waals surface area contributed by atoms with E-state index in [1.807, 2.05) is 36.5 Å². The van der Waals surface area contributed by atoms with Gasteiger partial charge in [0.15, 0.2) is 11.5 Å². The van der Waals surface area contributed by atoms with Crippen LogP contribution in [0.5, 0.6) is 11.5 Å². The average Bonchev–Trinajstić information content (AvgIpc) is 3.24. The van der Waals surface area contributed by atoms with Gasteiger partial charge in [-0.05, 0) is 35.9 Å². The van der Waals surface area contributed by atoms with Crippen molar-refractivity contribution in [2.75, 3.05) is 7.11 Å². The van der Waals surface area contributed by atoms with Crippen LogP contribution in [0.3, 0.4) is 0 Å². The predicted molar refractivity (Wildman–Crippen MR) is 137 cm³/mol. The number of nitrogens with one attached hydrogen (secondary N) is 2. The number of hydrogen-bond acceptors (Lipinski definition) is 4. The number of hydrogen-bond donors (Lipinski definition) is 3. The number of carboxylic acids is 1. The number of aromatic nitrogens is 1. The van der Waals surface area contributed by atoms with Crippen molar-refractivity contribution in [3.8, 4) is 11.5 Å². The highest BCUT2D eigenvalue weighted by Gasteiger charge is 2.22. The lowest BCUT2D eigenvalue weighted by atomic mass is 10.0. The van der Waals surface area contributed by atoms with Crippen LogP contribution in [0.1, 0.15) is 16.7 Å². The van der Waals surface area contributed by atoms with Gasteiger partial charge in [0.1, 0.15) is 18.5 Å². The Morgan fingerprint density at radius 2 is 2.00 bits per heavy atom. The first-order chi connectivity index (χ1) is 16.9. The van der Waals surface area contributed by atoms with Crippen molar-refractivity contribution >= 4 is 44.4 Å². The minimum Gasteiger partial charge on any atom is -0.493 e. The van der Waals surface area contributed by atoms with Gasteiger partial charge in [0.2, 0.25) is 0 Å².